The van der Waals surface area contributed by atoms with Crippen molar-refractivity contribution in [2.45, 2.75) is 39.2 Å². The zero-order valence-corrected chi connectivity index (χ0v) is 8.93. The van der Waals surface area contributed by atoms with Crippen LogP contribution in [-0.4, -0.2) is 30.4 Å². The SMILES string of the molecule is CN(CCC(C)(C)C(=N)N)C1CC1. The average molecular weight is 183 g/mol. The summed E-state index contributed by atoms with van der Waals surface area (Å²) in [4.78, 5) is 2.38. The molecule has 1 fully saturated rings. The van der Waals surface area contributed by atoms with Crippen LogP contribution in [0.15, 0.2) is 0 Å². The minimum atomic E-state index is -0.136. The Hall–Kier alpha value is -0.570. The van der Waals surface area contributed by atoms with Gasteiger partial charge in [0.25, 0.3) is 0 Å². The second-order valence-corrected chi connectivity index (χ2v) is 4.76. The fraction of sp³-hybridized carbons (Fsp3) is 0.900. The molecule has 0 aromatic rings. The monoisotopic (exact) mass is 183 g/mol. The highest BCUT2D eigenvalue weighted by Gasteiger charge is 2.28. The fourth-order valence-corrected chi connectivity index (χ4v) is 1.29. The highest BCUT2D eigenvalue weighted by Crippen LogP contribution is 2.27. The van der Waals surface area contributed by atoms with Gasteiger partial charge in [0.2, 0.25) is 0 Å². The maximum atomic E-state index is 7.42. The van der Waals surface area contributed by atoms with Gasteiger partial charge in [-0.05, 0) is 32.9 Å². The molecule has 0 spiro atoms. The smallest absolute Gasteiger partial charge is 0.0963 e. The molecule has 13 heavy (non-hydrogen) atoms. The van der Waals surface area contributed by atoms with Crippen LogP contribution >= 0.6 is 0 Å². The molecule has 0 aliphatic heterocycles. The first-order chi connectivity index (χ1) is 5.93. The number of hydrogen-bond donors (Lipinski definition) is 2. The van der Waals surface area contributed by atoms with Gasteiger partial charge in [-0.25, -0.2) is 0 Å². The molecule has 1 rings (SSSR count). The van der Waals surface area contributed by atoms with Gasteiger partial charge in [-0.2, -0.15) is 0 Å². The zero-order chi connectivity index (χ0) is 10.1. The van der Waals surface area contributed by atoms with Crippen LogP contribution in [0.3, 0.4) is 0 Å². The van der Waals surface area contributed by atoms with Gasteiger partial charge in [0.1, 0.15) is 0 Å². The van der Waals surface area contributed by atoms with Gasteiger partial charge in [-0.3, -0.25) is 5.41 Å². The van der Waals surface area contributed by atoms with E-state index in [0.717, 1.165) is 19.0 Å². The van der Waals surface area contributed by atoms with E-state index >= 15 is 0 Å². The van der Waals surface area contributed by atoms with Crippen molar-refractivity contribution in [1.82, 2.24) is 4.90 Å². The van der Waals surface area contributed by atoms with Gasteiger partial charge in [0.15, 0.2) is 0 Å². The van der Waals surface area contributed by atoms with E-state index in [1.165, 1.54) is 12.8 Å². The van der Waals surface area contributed by atoms with Crippen molar-refractivity contribution < 1.29 is 0 Å². The molecule has 0 unspecified atom stereocenters. The Balaban J connectivity index is 2.27. The molecule has 0 radical (unpaired) electrons. The summed E-state index contributed by atoms with van der Waals surface area (Å²) in [6, 6.07) is 0.808. The normalized spacial score (nSPS) is 17.8. The molecule has 0 aromatic carbocycles. The van der Waals surface area contributed by atoms with E-state index in [9.17, 15) is 0 Å². The number of nitrogens with two attached hydrogens (primary N) is 1. The van der Waals surface area contributed by atoms with Crippen LogP contribution in [0.25, 0.3) is 0 Å². The summed E-state index contributed by atoms with van der Waals surface area (Å²) in [6.45, 7) is 5.13. The summed E-state index contributed by atoms with van der Waals surface area (Å²) >= 11 is 0. The third-order valence-electron chi connectivity index (χ3n) is 2.99. The van der Waals surface area contributed by atoms with Crippen molar-refractivity contribution in [2.75, 3.05) is 13.6 Å². The summed E-state index contributed by atoms with van der Waals surface area (Å²) in [6.07, 6.45) is 3.67. The Morgan fingerprint density at radius 3 is 2.46 bits per heavy atom. The highest BCUT2D eigenvalue weighted by atomic mass is 15.1. The van der Waals surface area contributed by atoms with Crippen LogP contribution in [0.2, 0.25) is 0 Å². The minimum Gasteiger partial charge on any atom is -0.387 e. The first-order valence-corrected chi connectivity index (χ1v) is 4.98. The molecule has 1 saturated carbocycles. The van der Waals surface area contributed by atoms with Crippen molar-refractivity contribution in [2.24, 2.45) is 11.1 Å². The summed E-state index contributed by atoms with van der Waals surface area (Å²) in [5.41, 5.74) is 5.38. The molecule has 3 N–H and O–H groups in total. The minimum absolute atomic E-state index is 0.136. The Morgan fingerprint density at radius 2 is 2.08 bits per heavy atom. The lowest BCUT2D eigenvalue weighted by Crippen LogP contribution is -2.35. The quantitative estimate of drug-likeness (QED) is 0.500. The van der Waals surface area contributed by atoms with Gasteiger partial charge in [0.05, 0.1) is 5.84 Å². The van der Waals surface area contributed by atoms with Crippen LogP contribution in [0, 0.1) is 10.8 Å². The van der Waals surface area contributed by atoms with E-state index in [2.05, 4.69) is 11.9 Å². The lowest BCUT2D eigenvalue weighted by atomic mass is 9.88. The Kier molecular flexibility index (Phi) is 2.96. The maximum Gasteiger partial charge on any atom is 0.0963 e. The van der Waals surface area contributed by atoms with Crippen LogP contribution in [0.4, 0.5) is 0 Å². The summed E-state index contributed by atoms with van der Waals surface area (Å²) in [5, 5.41) is 7.42. The topological polar surface area (TPSA) is 53.1 Å². The van der Waals surface area contributed by atoms with Crippen molar-refractivity contribution in [3.05, 3.63) is 0 Å². The molecule has 0 aromatic heterocycles. The lowest BCUT2D eigenvalue weighted by molar-refractivity contribution is 0.282. The molecule has 3 heteroatoms. The van der Waals surface area contributed by atoms with E-state index in [1.54, 1.807) is 0 Å². The number of nitrogens with zero attached hydrogens (tertiary/aromatic N) is 1. The molecule has 3 nitrogen and oxygen atoms in total. The predicted octanol–water partition coefficient (Wildman–Crippen LogP) is 1.43. The van der Waals surface area contributed by atoms with Crippen molar-refractivity contribution in [3.63, 3.8) is 0 Å². The van der Waals surface area contributed by atoms with Crippen molar-refractivity contribution in [1.29, 1.82) is 5.41 Å². The summed E-state index contributed by atoms with van der Waals surface area (Å²) in [5.74, 6) is 0.302. The van der Waals surface area contributed by atoms with Gasteiger partial charge in [0, 0.05) is 11.5 Å². The molecule has 76 valence electrons. The largest absolute Gasteiger partial charge is 0.387 e. The molecule has 0 saturated heterocycles. The molecular formula is C10H21N3. The van der Waals surface area contributed by atoms with E-state index in [4.69, 9.17) is 11.1 Å². The van der Waals surface area contributed by atoms with Crippen LogP contribution in [0.1, 0.15) is 33.1 Å². The van der Waals surface area contributed by atoms with E-state index < -0.39 is 0 Å². The molecular weight excluding hydrogens is 162 g/mol. The maximum absolute atomic E-state index is 7.42. The first-order valence-electron chi connectivity index (χ1n) is 4.98. The van der Waals surface area contributed by atoms with Gasteiger partial charge >= 0.3 is 0 Å². The Morgan fingerprint density at radius 1 is 1.54 bits per heavy atom. The van der Waals surface area contributed by atoms with E-state index in [1.807, 2.05) is 13.8 Å². The number of rotatable bonds is 5. The number of amidine groups is 1. The van der Waals surface area contributed by atoms with E-state index in [0.29, 0.717) is 5.84 Å². The number of nitrogens with one attached hydrogen (secondary N) is 1. The second kappa shape index (κ2) is 3.66. The molecule has 0 bridgehead atoms. The van der Waals surface area contributed by atoms with Gasteiger partial charge < -0.3 is 10.6 Å². The molecule has 0 heterocycles. The molecule has 0 atom stereocenters. The Bertz CT molecular complexity index is 194. The molecule has 0 amide bonds. The van der Waals surface area contributed by atoms with Crippen LogP contribution < -0.4 is 5.73 Å². The zero-order valence-electron chi connectivity index (χ0n) is 8.93. The molecule has 1 aliphatic rings. The van der Waals surface area contributed by atoms with Crippen LogP contribution in [-0.2, 0) is 0 Å². The predicted molar refractivity (Wildman–Crippen MR) is 56.0 cm³/mol. The Labute approximate surface area is 80.8 Å². The lowest BCUT2D eigenvalue weighted by Gasteiger charge is -2.26. The standard InChI is InChI=1S/C10H21N3/c1-10(2,9(11)12)6-7-13(3)8-4-5-8/h8H,4-7H2,1-3H3,(H3,11,12). The average Bonchev–Trinajstić information content (AvgIpc) is 2.82. The van der Waals surface area contributed by atoms with E-state index in [-0.39, 0.29) is 5.41 Å². The summed E-state index contributed by atoms with van der Waals surface area (Å²) < 4.78 is 0. The van der Waals surface area contributed by atoms with Gasteiger partial charge in [-0.1, -0.05) is 13.8 Å². The molecule has 1 aliphatic carbocycles. The van der Waals surface area contributed by atoms with Gasteiger partial charge in [-0.15, -0.1) is 0 Å². The fourth-order valence-electron chi connectivity index (χ4n) is 1.29. The third kappa shape index (κ3) is 2.99. The highest BCUT2D eigenvalue weighted by molar-refractivity contribution is 5.82. The number of hydrogen-bond acceptors (Lipinski definition) is 2. The summed E-state index contributed by atoms with van der Waals surface area (Å²) in [7, 11) is 2.16. The van der Waals surface area contributed by atoms with Crippen molar-refractivity contribution in [3.8, 4) is 0 Å². The first kappa shape index (κ1) is 10.5. The second-order valence-electron chi connectivity index (χ2n) is 4.76. The van der Waals surface area contributed by atoms with Crippen LogP contribution in [0.5, 0.6) is 0 Å². The third-order valence-corrected chi connectivity index (χ3v) is 2.99. The van der Waals surface area contributed by atoms with Crippen molar-refractivity contribution >= 4 is 5.84 Å².